The number of benzene rings is 1. The van der Waals surface area contributed by atoms with Gasteiger partial charge in [-0.2, -0.15) is 5.10 Å². The predicted molar refractivity (Wildman–Crippen MR) is 104 cm³/mol. The van der Waals surface area contributed by atoms with Crippen LogP contribution in [0.3, 0.4) is 0 Å². The van der Waals surface area contributed by atoms with E-state index in [2.05, 4.69) is 45.3 Å². The standard InChI is InChI=1S/C19H27N5O2/c1-15-4-5-17(18(12-15)26-3)24-10-8-23(9-11-24)7-6-20-16-13-19(25)22(2)21-14-16/h4-5,12-14,20H,6-11H2,1-3H3. The molecule has 7 nitrogen and oxygen atoms in total. The summed E-state index contributed by atoms with van der Waals surface area (Å²) in [6.07, 6.45) is 1.68. The number of hydrogen-bond donors (Lipinski definition) is 1. The summed E-state index contributed by atoms with van der Waals surface area (Å²) in [7, 11) is 3.38. The van der Waals surface area contributed by atoms with Crippen molar-refractivity contribution in [3.8, 4) is 5.75 Å². The molecule has 1 saturated heterocycles. The monoisotopic (exact) mass is 357 g/mol. The Balaban J connectivity index is 1.48. The molecule has 2 aromatic rings. The molecule has 1 aromatic heterocycles. The van der Waals surface area contributed by atoms with E-state index < -0.39 is 0 Å². The van der Waals surface area contributed by atoms with Crippen molar-refractivity contribution in [1.82, 2.24) is 14.7 Å². The van der Waals surface area contributed by atoms with Gasteiger partial charge in [-0.15, -0.1) is 0 Å². The van der Waals surface area contributed by atoms with Crippen molar-refractivity contribution >= 4 is 11.4 Å². The first-order chi connectivity index (χ1) is 12.6. The Morgan fingerprint density at radius 2 is 1.96 bits per heavy atom. The minimum atomic E-state index is -0.101. The van der Waals surface area contributed by atoms with Crippen molar-refractivity contribution in [1.29, 1.82) is 0 Å². The fourth-order valence-electron chi connectivity index (χ4n) is 3.18. The van der Waals surface area contributed by atoms with Crippen LogP contribution in [0.15, 0.2) is 35.3 Å². The van der Waals surface area contributed by atoms with Gasteiger partial charge in [-0.25, -0.2) is 4.68 Å². The van der Waals surface area contributed by atoms with Gasteiger partial charge in [0.2, 0.25) is 0 Å². The van der Waals surface area contributed by atoms with Crippen LogP contribution in [0.5, 0.6) is 5.75 Å². The van der Waals surface area contributed by atoms with E-state index in [1.54, 1.807) is 26.4 Å². The molecule has 140 valence electrons. The van der Waals surface area contributed by atoms with Crippen LogP contribution in [-0.2, 0) is 7.05 Å². The molecule has 0 aliphatic carbocycles. The first-order valence-electron chi connectivity index (χ1n) is 8.96. The lowest BCUT2D eigenvalue weighted by Gasteiger charge is -2.36. The molecule has 1 aromatic carbocycles. The van der Waals surface area contributed by atoms with E-state index in [-0.39, 0.29) is 5.56 Å². The van der Waals surface area contributed by atoms with Crippen molar-refractivity contribution in [2.24, 2.45) is 7.05 Å². The minimum absolute atomic E-state index is 0.101. The summed E-state index contributed by atoms with van der Waals surface area (Å²) in [4.78, 5) is 16.4. The first kappa shape index (κ1) is 18.3. The van der Waals surface area contributed by atoms with Gasteiger partial charge in [0.05, 0.1) is 24.7 Å². The number of nitrogens with zero attached hydrogens (tertiary/aromatic N) is 4. The summed E-state index contributed by atoms with van der Waals surface area (Å²) in [6, 6.07) is 7.94. The molecule has 0 radical (unpaired) electrons. The lowest BCUT2D eigenvalue weighted by molar-refractivity contribution is 0.266. The number of hydrogen-bond acceptors (Lipinski definition) is 6. The summed E-state index contributed by atoms with van der Waals surface area (Å²) >= 11 is 0. The molecule has 1 aliphatic heterocycles. The highest BCUT2D eigenvalue weighted by molar-refractivity contribution is 5.60. The maximum Gasteiger partial charge on any atom is 0.268 e. The van der Waals surface area contributed by atoms with Crippen LogP contribution in [0.1, 0.15) is 5.56 Å². The lowest BCUT2D eigenvalue weighted by atomic mass is 10.1. The molecule has 2 heterocycles. The predicted octanol–water partition coefficient (Wildman–Crippen LogP) is 1.33. The van der Waals surface area contributed by atoms with Gasteiger partial charge in [-0.3, -0.25) is 9.69 Å². The number of ether oxygens (including phenoxy) is 1. The van der Waals surface area contributed by atoms with Crippen LogP contribution in [-0.4, -0.2) is 61.1 Å². The van der Waals surface area contributed by atoms with E-state index in [1.165, 1.54) is 15.9 Å². The molecular weight excluding hydrogens is 330 g/mol. The first-order valence-corrected chi connectivity index (χ1v) is 8.96. The van der Waals surface area contributed by atoms with Gasteiger partial charge in [-0.05, 0) is 24.6 Å². The third-order valence-corrected chi connectivity index (χ3v) is 4.77. The van der Waals surface area contributed by atoms with Gasteiger partial charge in [0.15, 0.2) is 0 Å². The number of piperazine rings is 1. The Kier molecular flexibility index (Phi) is 5.78. The van der Waals surface area contributed by atoms with E-state index in [1.807, 2.05) is 0 Å². The molecular formula is C19H27N5O2. The quantitative estimate of drug-likeness (QED) is 0.842. The van der Waals surface area contributed by atoms with Crippen LogP contribution < -0.4 is 20.5 Å². The summed E-state index contributed by atoms with van der Waals surface area (Å²) in [5.41, 5.74) is 3.05. The van der Waals surface area contributed by atoms with Gasteiger partial charge in [0.1, 0.15) is 5.75 Å². The highest BCUT2D eigenvalue weighted by Gasteiger charge is 2.19. The average Bonchev–Trinajstić information content (AvgIpc) is 2.65. The average molecular weight is 357 g/mol. The van der Waals surface area contributed by atoms with Gasteiger partial charge < -0.3 is 15.0 Å². The van der Waals surface area contributed by atoms with Crippen LogP contribution in [0, 0.1) is 6.92 Å². The molecule has 0 bridgehead atoms. The van der Waals surface area contributed by atoms with Crippen molar-refractivity contribution in [2.45, 2.75) is 6.92 Å². The fourth-order valence-corrected chi connectivity index (χ4v) is 3.18. The largest absolute Gasteiger partial charge is 0.495 e. The molecule has 0 saturated carbocycles. The number of anilines is 2. The fraction of sp³-hybridized carbons (Fsp3) is 0.474. The molecule has 0 unspecified atom stereocenters. The molecule has 1 N–H and O–H groups in total. The molecule has 3 rings (SSSR count). The van der Waals surface area contributed by atoms with Crippen LogP contribution in [0.2, 0.25) is 0 Å². The van der Waals surface area contributed by atoms with E-state index in [9.17, 15) is 4.79 Å². The lowest BCUT2D eigenvalue weighted by Crippen LogP contribution is -2.47. The highest BCUT2D eigenvalue weighted by Crippen LogP contribution is 2.29. The molecule has 26 heavy (non-hydrogen) atoms. The van der Waals surface area contributed by atoms with Gasteiger partial charge in [-0.1, -0.05) is 6.07 Å². The molecule has 0 spiro atoms. The second kappa shape index (κ2) is 8.23. The van der Waals surface area contributed by atoms with Crippen molar-refractivity contribution < 1.29 is 4.74 Å². The maximum atomic E-state index is 11.6. The van der Waals surface area contributed by atoms with E-state index in [0.29, 0.717) is 0 Å². The van der Waals surface area contributed by atoms with Crippen molar-refractivity contribution in [3.63, 3.8) is 0 Å². The van der Waals surface area contributed by atoms with Gasteiger partial charge in [0, 0.05) is 52.4 Å². The number of nitrogens with one attached hydrogen (secondary N) is 1. The number of aromatic nitrogens is 2. The van der Waals surface area contributed by atoms with Crippen molar-refractivity contribution in [2.75, 3.05) is 56.6 Å². The zero-order chi connectivity index (χ0) is 18.5. The normalized spacial score (nSPS) is 15.1. The molecule has 7 heteroatoms. The second-order valence-corrected chi connectivity index (χ2v) is 6.64. The molecule has 0 atom stereocenters. The zero-order valence-electron chi connectivity index (χ0n) is 15.7. The molecule has 0 amide bonds. The Morgan fingerprint density at radius 1 is 1.19 bits per heavy atom. The number of methoxy groups -OCH3 is 1. The van der Waals surface area contributed by atoms with E-state index >= 15 is 0 Å². The zero-order valence-corrected chi connectivity index (χ0v) is 15.7. The van der Waals surface area contributed by atoms with Crippen LogP contribution in [0.25, 0.3) is 0 Å². The smallest absolute Gasteiger partial charge is 0.268 e. The topological polar surface area (TPSA) is 62.6 Å². The van der Waals surface area contributed by atoms with Crippen molar-refractivity contribution in [3.05, 3.63) is 46.4 Å². The highest BCUT2D eigenvalue weighted by atomic mass is 16.5. The van der Waals surface area contributed by atoms with Gasteiger partial charge >= 0.3 is 0 Å². The third kappa shape index (κ3) is 4.35. The Morgan fingerprint density at radius 3 is 2.65 bits per heavy atom. The van der Waals surface area contributed by atoms with Gasteiger partial charge in [0.25, 0.3) is 5.56 Å². The van der Waals surface area contributed by atoms with E-state index in [4.69, 9.17) is 4.74 Å². The second-order valence-electron chi connectivity index (χ2n) is 6.64. The van der Waals surface area contributed by atoms with Crippen LogP contribution in [0.4, 0.5) is 11.4 Å². The minimum Gasteiger partial charge on any atom is -0.495 e. The Bertz CT molecular complexity index is 797. The van der Waals surface area contributed by atoms with Crippen LogP contribution >= 0.6 is 0 Å². The molecule has 1 aliphatic rings. The third-order valence-electron chi connectivity index (χ3n) is 4.77. The molecule has 1 fully saturated rings. The Labute approximate surface area is 154 Å². The van der Waals surface area contributed by atoms with E-state index in [0.717, 1.165) is 50.7 Å². The Hall–Kier alpha value is -2.54. The SMILES string of the molecule is COc1cc(C)ccc1N1CCN(CCNc2cnn(C)c(=O)c2)CC1. The summed E-state index contributed by atoms with van der Waals surface area (Å²) < 4.78 is 6.86. The maximum absolute atomic E-state index is 11.6. The summed E-state index contributed by atoms with van der Waals surface area (Å²) in [6.45, 7) is 7.78. The summed E-state index contributed by atoms with van der Waals surface area (Å²) in [5.74, 6) is 0.943. The summed E-state index contributed by atoms with van der Waals surface area (Å²) in [5, 5.41) is 7.30. The number of rotatable bonds is 6. The number of aryl methyl sites for hydroxylation is 2.